The van der Waals surface area contributed by atoms with Crippen LogP contribution in [0.15, 0.2) is 30.3 Å². The van der Waals surface area contributed by atoms with Crippen molar-refractivity contribution in [3.63, 3.8) is 0 Å². The molecule has 0 fully saturated rings. The Morgan fingerprint density at radius 2 is 1.80 bits per heavy atom. The molecule has 104 valence electrons. The van der Waals surface area contributed by atoms with Crippen molar-refractivity contribution in [2.45, 2.75) is 0 Å². The minimum absolute atomic E-state index is 0.0488. The quantitative estimate of drug-likeness (QED) is 0.764. The predicted octanol–water partition coefficient (Wildman–Crippen LogP) is 4.75. The standard InChI is InChI=1S/C14H9Cl2FO3/c1-19-9-2-3-13(12(17)5-9)20-14-6-11(16)10(15)4-8(14)7-18/h2-7H,1H3. The minimum atomic E-state index is -0.618. The molecule has 20 heavy (non-hydrogen) atoms. The van der Waals surface area contributed by atoms with Crippen molar-refractivity contribution in [1.82, 2.24) is 0 Å². The molecule has 0 atom stereocenters. The lowest BCUT2D eigenvalue weighted by molar-refractivity contribution is 0.112. The number of hydrogen-bond acceptors (Lipinski definition) is 3. The van der Waals surface area contributed by atoms with E-state index in [1.807, 2.05) is 0 Å². The summed E-state index contributed by atoms with van der Waals surface area (Å²) in [6.07, 6.45) is 0.555. The Balaban J connectivity index is 2.39. The summed E-state index contributed by atoms with van der Waals surface area (Å²) in [6, 6.07) is 6.82. The van der Waals surface area contributed by atoms with Gasteiger partial charge in [-0.15, -0.1) is 0 Å². The number of ether oxygens (including phenoxy) is 2. The third-order valence-electron chi connectivity index (χ3n) is 2.54. The van der Waals surface area contributed by atoms with Gasteiger partial charge in [0, 0.05) is 12.1 Å². The molecule has 0 aliphatic heterocycles. The third-order valence-corrected chi connectivity index (χ3v) is 3.26. The molecule has 0 saturated carbocycles. The Labute approximate surface area is 124 Å². The van der Waals surface area contributed by atoms with Gasteiger partial charge in [0.05, 0.1) is 22.7 Å². The number of carbonyl (C=O) groups is 1. The van der Waals surface area contributed by atoms with Gasteiger partial charge < -0.3 is 9.47 Å². The number of aldehydes is 1. The van der Waals surface area contributed by atoms with Gasteiger partial charge in [-0.2, -0.15) is 0 Å². The zero-order chi connectivity index (χ0) is 14.7. The molecule has 0 bridgehead atoms. The Bertz CT molecular complexity index is 659. The summed E-state index contributed by atoms with van der Waals surface area (Å²) in [6.45, 7) is 0. The van der Waals surface area contributed by atoms with Crippen LogP contribution in [-0.4, -0.2) is 13.4 Å². The van der Waals surface area contributed by atoms with Crippen LogP contribution >= 0.6 is 23.2 Å². The van der Waals surface area contributed by atoms with E-state index in [2.05, 4.69) is 0 Å². The number of carbonyl (C=O) groups excluding carboxylic acids is 1. The van der Waals surface area contributed by atoms with Crippen molar-refractivity contribution in [1.29, 1.82) is 0 Å². The van der Waals surface area contributed by atoms with E-state index < -0.39 is 5.82 Å². The largest absolute Gasteiger partial charge is 0.497 e. The summed E-state index contributed by atoms with van der Waals surface area (Å²) in [5.74, 6) is -0.183. The van der Waals surface area contributed by atoms with E-state index in [1.54, 1.807) is 0 Å². The fourth-order valence-corrected chi connectivity index (χ4v) is 1.86. The third kappa shape index (κ3) is 3.03. The average molecular weight is 315 g/mol. The van der Waals surface area contributed by atoms with Crippen LogP contribution in [0.1, 0.15) is 10.4 Å². The van der Waals surface area contributed by atoms with Gasteiger partial charge in [-0.1, -0.05) is 23.2 Å². The molecule has 6 heteroatoms. The first-order valence-electron chi connectivity index (χ1n) is 5.50. The molecule has 0 heterocycles. The van der Waals surface area contributed by atoms with Crippen LogP contribution in [0.5, 0.6) is 17.2 Å². The van der Waals surface area contributed by atoms with Crippen LogP contribution in [0.25, 0.3) is 0 Å². The van der Waals surface area contributed by atoms with Crippen LogP contribution in [-0.2, 0) is 0 Å². The SMILES string of the molecule is COc1ccc(Oc2cc(Cl)c(Cl)cc2C=O)c(F)c1. The summed E-state index contributed by atoms with van der Waals surface area (Å²) < 4.78 is 24.0. The van der Waals surface area contributed by atoms with Crippen molar-refractivity contribution < 1.29 is 18.7 Å². The zero-order valence-corrected chi connectivity index (χ0v) is 11.8. The molecule has 0 amide bonds. The summed E-state index contributed by atoms with van der Waals surface area (Å²) in [5, 5.41) is 0.428. The molecule has 0 N–H and O–H groups in total. The second-order valence-electron chi connectivity index (χ2n) is 3.82. The van der Waals surface area contributed by atoms with Gasteiger partial charge in [0.2, 0.25) is 0 Å². The molecule has 0 aliphatic rings. The van der Waals surface area contributed by atoms with Crippen LogP contribution in [0, 0.1) is 5.82 Å². The van der Waals surface area contributed by atoms with Gasteiger partial charge in [-0.05, 0) is 18.2 Å². The van der Waals surface area contributed by atoms with Gasteiger partial charge in [0.25, 0.3) is 0 Å². The molecule has 0 unspecified atom stereocenters. The van der Waals surface area contributed by atoms with Crippen molar-refractivity contribution in [2.75, 3.05) is 7.11 Å². The summed E-state index contributed by atoms with van der Waals surface area (Å²) in [7, 11) is 1.43. The monoisotopic (exact) mass is 314 g/mol. The fraction of sp³-hybridized carbons (Fsp3) is 0.0714. The Hall–Kier alpha value is -1.78. The second kappa shape index (κ2) is 6.11. The van der Waals surface area contributed by atoms with E-state index in [0.29, 0.717) is 12.0 Å². The molecular formula is C14H9Cl2FO3. The van der Waals surface area contributed by atoms with E-state index >= 15 is 0 Å². The van der Waals surface area contributed by atoms with Gasteiger partial charge in [-0.25, -0.2) is 4.39 Å². The van der Waals surface area contributed by atoms with Crippen LogP contribution in [0.4, 0.5) is 4.39 Å². The Kier molecular flexibility index (Phi) is 4.47. The predicted molar refractivity (Wildman–Crippen MR) is 74.9 cm³/mol. The van der Waals surface area contributed by atoms with Gasteiger partial charge in [-0.3, -0.25) is 4.79 Å². The molecule has 0 spiro atoms. The van der Waals surface area contributed by atoms with E-state index in [1.165, 1.54) is 37.4 Å². The minimum Gasteiger partial charge on any atom is -0.497 e. The molecule has 3 nitrogen and oxygen atoms in total. The van der Waals surface area contributed by atoms with Crippen molar-refractivity contribution >= 4 is 29.5 Å². The topological polar surface area (TPSA) is 35.5 Å². The highest BCUT2D eigenvalue weighted by Crippen LogP contribution is 2.34. The first-order chi connectivity index (χ1) is 9.55. The van der Waals surface area contributed by atoms with Gasteiger partial charge >= 0.3 is 0 Å². The summed E-state index contributed by atoms with van der Waals surface area (Å²) in [5.41, 5.74) is 0.176. The molecule has 2 aromatic rings. The Morgan fingerprint density at radius 1 is 1.10 bits per heavy atom. The number of rotatable bonds is 4. The van der Waals surface area contributed by atoms with Gasteiger partial charge in [0.1, 0.15) is 11.5 Å². The van der Waals surface area contributed by atoms with E-state index in [-0.39, 0.29) is 27.1 Å². The smallest absolute Gasteiger partial charge is 0.169 e. The Morgan fingerprint density at radius 3 is 2.40 bits per heavy atom. The number of hydrogen-bond donors (Lipinski definition) is 0. The molecule has 0 saturated heterocycles. The molecule has 2 rings (SSSR count). The van der Waals surface area contributed by atoms with E-state index in [4.69, 9.17) is 32.7 Å². The highest BCUT2D eigenvalue weighted by Gasteiger charge is 2.12. The maximum absolute atomic E-state index is 13.8. The first-order valence-corrected chi connectivity index (χ1v) is 6.26. The van der Waals surface area contributed by atoms with E-state index in [9.17, 15) is 9.18 Å². The second-order valence-corrected chi connectivity index (χ2v) is 4.63. The highest BCUT2D eigenvalue weighted by atomic mass is 35.5. The highest BCUT2D eigenvalue weighted by molar-refractivity contribution is 6.42. The van der Waals surface area contributed by atoms with Crippen molar-refractivity contribution in [2.24, 2.45) is 0 Å². The summed E-state index contributed by atoms with van der Waals surface area (Å²) >= 11 is 11.7. The molecular weight excluding hydrogens is 306 g/mol. The summed E-state index contributed by atoms with van der Waals surface area (Å²) in [4.78, 5) is 11.0. The lowest BCUT2D eigenvalue weighted by atomic mass is 10.2. The van der Waals surface area contributed by atoms with E-state index in [0.717, 1.165) is 0 Å². The lowest BCUT2D eigenvalue weighted by Crippen LogP contribution is -1.94. The van der Waals surface area contributed by atoms with Crippen molar-refractivity contribution in [3.05, 3.63) is 51.8 Å². The number of benzene rings is 2. The fourth-order valence-electron chi connectivity index (χ4n) is 1.53. The van der Waals surface area contributed by atoms with Crippen molar-refractivity contribution in [3.8, 4) is 17.2 Å². The number of methoxy groups -OCH3 is 1. The van der Waals surface area contributed by atoms with Crippen LogP contribution in [0.2, 0.25) is 10.0 Å². The maximum Gasteiger partial charge on any atom is 0.169 e. The first kappa shape index (κ1) is 14.6. The van der Waals surface area contributed by atoms with Crippen LogP contribution < -0.4 is 9.47 Å². The van der Waals surface area contributed by atoms with Gasteiger partial charge in [0.15, 0.2) is 17.9 Å². The number of halogens is 3. The van der Waals surface area contributed by atoms with Crippen LogP contribution in [0.3, 0.4) is 0 Å². The molecule has 0 radical (unpaired) electrons. The molecule has 2 aromatic carbocycles. The average Bonchev–Trinajstić information content (AvgIpc) is 2.44. The molecule has 0 aromatic heterocycles. The zero-order valence-electron chi connectivity index (χ0n) is 10.3. The molecule has 0 aliphatic carbocycles. The maximum atomic E-state index is 13.8. The lowest BCUT2D eigenvalue weighted by Gasteiger charge is -2.11. The normalized spacial score (nSPS) is 10.2.